The third-order valence-electron chi connectivity index (χ3n) is 5.26. The van der Waals surface area contributed by atoms with Crippen molar-refractivity contribution in [2.24, 2.45) is 5.92 Å². The number of nitrogens with zero attached hydrogens (tertiary/aromatic N) is 1. The predicted octanol–water partition coefficient (Wildman–Crippen LogP) is 1.33. The van der Waals surface area contributed by atoms with Crippen LogP contribution in [0.4, 0.5) is 4.79 Å². The van der Waals surface area contributed by atoms with Gasteiger partial charge in [0.15, 0.2) is 6.67 Å². The quantitative estimate of drug-likeness (QED) is 0.801. The molecule has 5 heteroatoms. The standard InChI is InChI=1S/C19H27N3O2/c1-14(2)8-10-19(3)17(23)22(18(24)20-19)13-21-11-9-15-6-4-5-7-16(15)12-21/h4-7,14H,8-13H2,1-3H3,(H,20,24)/p+1/t19-/m1/s1. The van der Waals surface area contributed by atoms with Crippen molar-refractivity contribution in [2.75, 3.05) is 13.2 Å². The molecule has 2 aliphatic rings. The number of hydrogen-bond donors (Lipinski definition) is 2. The van der Waals surface area contributed by atoms with Crippen molar-refractivity contribution in [3.8, 4) is 0 Å². The molecule has 3 rings (SSSR count). The Bertz CT molecular complexity index is 643. The van der Waals surface area contributed by atoms with Crippen LogP contribution >= 0.6 is 0 Å². The first-order valence-electron chi connectivity index (χ1n) is 8.93. The lowest BCUT2D eigenvalue weighted by Crippen LogP contribution is -3.13. The van der Waals surface area contributed by atoms with Crippen molar-refractivity contribution in [1.29, 1.82) is 0 Å². The lowest BCUT2D eigenvalue weighted by Gasteiger charge is -2.28. The Balaban J connectivity index is 1.65. The molecule has 1 aromatic carbocycles. The number of carbonyl (C=O) groups is 2. The van der Waals surface area contributed by atoms with E-state index in [1.165, 1.54) is 20.9 Å². The summed E-state index contributed by atoms with van der Waals surface area (Å²) in [6.07, 6.45) is 2.63. The van der Waals surface area contributed by atoms with E-state index in [9.17, 15) is 9.59 Å². The monoisotopic (exact) mass is 330 g/mol. The number of quaternary nitrogens is 1. The van der Waals surface area contributed by atoms with Gasteiger partial charge in [-0.25, -0.2) is 9.69 Å². The Morgan fingerprint density at radius 3 is 2.67 bits per heavy atom. The highest BCUT2D eigenvalue weighted by molar-refractivity contribution is 6.06. The van der Waals surface area contributed by atoms with Crippen molar-refractivity contribution >= 4 is 11.9 Å². The number of urea groups is 1. The summed E-state index contributed by atoms with van der Waals surface area (Å²) in [5.74, 6) is 0.448. The molecule has 0 aromatic heterocycles. The van der Waals surface area contributed by atoms with E-state index >= 15 is 0 Å². The van der Waals surface area contributed by atoms with Gasteiger partial charge in [0.2, 0.25) is 0 Å². The van der Waals surface area contributed by atoms with Crippen molar-refractivity contribution in [3.05, 3.63) is 35.4 Å². The lowest BCUT2D eigenvalue weighted by molar-refractivity contribution is -0.923. The predicted molar refractivity (Wildman–Crippen MR) is 92.4 cm³/mol. The topological polar surface area (TPSA) is 53.9 Å². The summed E-state index contributed by atoms with van der Waals surface area (Å²) in [7, 11) is 0. The van der Waals surface area contributed by atoms with Crippen LogP contribution in [0.3, 0.4) is 0 Å². The molecule has 130 valence electrons. The zero-order valence-corrected chi connectivity index (χ0v) is 14.9. The third kappa shape index (κ3) is 3.31. The van der Waals surface area contributed by atoms with Crippen LogP contribution in [0, 0.1) is 5.92 Å². The Morgan fingerprint density at radius 2 is 1.96 bits per heavy atom. The fourth-order valence-corrected chi connectivity index (χ4v) is 3.64. The number of benzene rings is 1. The van der Waals surface area contributed by atoms with Crippen molar-refractivity contribution in [1.82, 2.24) is 10.2 Å². The highest BCUT2D eigenvalue weighted by Gasteiger charge is 2.48. The van der Waals surface area contributed by atoms with Crippen LogP contribution in [0.15, 0.2) is 24.3 Å². The van der Waals surface area contributed by atoms with E-state index in [0.29, 0.717) is 19.0 Å². The molecule has 0 aliphatic carbocycles. The van der Waals surface area contributed by atoms with Gasteiger partial charge in [0, 0.05) is 12.0 Å². The second-order valence-electron chi connectivity index (χ2n) is 7.78. The molecular weight excluding hydrogens is 302 g/mol. The molecule has 0 radical (unpaired) electrons. The third-order valence-corrected chi connectivity index (χ3v) is 5.26. The number of nitrogens with one attached hydrogen (secondary N) is 2. The molecule has 2 atom stereocenters. The summed E-state index contributed by atoms with van der Waals surface area (Å²) in [6.45, 7) is 8.41. The number of carbonyl (C=O) groups excluding carboxylic acids is 2. The Kier molecular flexibility index (Phi) is 4.63. The summed E-state index contributed by atoms with van der Waals surface area (Å²) in [5.41, 5.74) is 1.97. The molecule has 2 aliphatic heterocycles. The van der Waals surface area contributed by atoms with Crippen molar-refractivity contribution in [3.63, 3.8) is 0 Å². The minimum atomic E-state index is -0.742. The molecule has 1 unspecified atom stereocenters. The Hall–Kier alpha value is -1.88. The Labute approximate surface area is 144 Å². The van der Waals surface area contributed by atoms with Crippen LogP contribution in [0.5, 0.6) is 0 Å². The van der Waals surface area contributed by atoms with E-state index in [-0.39, 0.29) is 11.9 Å². The van der Waals surface area contributed by atoms with Crippen LogP contribution in [-0.2, 0) is 17.8 Å². The maximum Gasteiger partial charge on any atom is 0.329 e. The van der Waals surface area contributed by atoms with Gasteiger partial charge in [-0.05, 0) is 31.2 Å². The average Bonchev–Trinajstić information content (AvgIpc) is 2.77. The first-order chi connectivity index (χ1) is 11.4. The van der Waals surface area contributed by atoms with Gasteiger partial charge < -0.3 is 10.2 Å². The van der Waals surface area contributed by atoms with Gasteiger partial charge in [-0.3, -0.25) is 4.79 Å². The van der Waals surface area contributed by atoms with Crippen LogP contribution < -0.4 is 10.2 Å². The summed E-state index contributed by atoms with van der Waals surface area (Å²) < 4.78 is 0. The second kappa shape index (κ2) is 6.55. The molecule has 0 spiro atoms. The summed E-state index contributed by atoms with van der Waals surface area (Å²) in [6, 6.07) is 8.20. The minimum absolute atomic E-state index is 0.0699. The zero-order chi connectivity index (χ0) is 17.3. The number of amides is 3. The summed E-state index contributed by atoms with van der Waals surface area (Å²) in [4.78, 5) is 27.8. The van der Waals surface area contributed by atoms with Crippen molar-refractivity contribution in [2.45, 2.75) is 52.1 Å². The highest BCUT2D eigenvalue weighted by Crippen LogP contribution is 2.24. The van der Waals surface area contributed by atoms with E-state index < -0.39 is 5.54 Å². The van der Waals surface area contributed by atoms with E-state index in [1.807, 2.05) is 6.92 Å². The fourth-order valence-electron chi connectivity index (χ4n) is 3.64. The smallest absolute Gasteiger partial charge is 0.323 e. The van der Waals surface area contributed by atoms with E-state index in [2.05, 4.69) is 43.4 Å². The number of hydrogen-bond acceptors (Lipinski definition) is 2. The number of fused-ring (bicyclic) bond motifs is 1. The molecular formula is C19H28N3O2+. The van der Waals surface area contributed by atoms with Gasteiger partial charge in [0.05, 0.1) is 6.54 Å². The maximum absolute atomic E-state index is 12.8. The molecule has 5 nitrogen and oxygen atoms in total. The SMILES string of the molecule is CC(C)CC[C@@]1(C)NC(=O)N(C[NH+]2CCc3ccccc3C2)C1=O. The molecule has 1 fully saturated rings. The van der Waals surface area contributed by atoms with Gasteiger partial charge in [0.25, 0.3) is 5.91 Å². The molecule has 2 heterocycles. The molecule has 24 heavy (non-hydrogen) atoms. The average molecular weight is 330 g/mol. The van der Waals surface area contributed by atoms with Gasteiger partial charge in [0.1, 0.15) is 12.1 Å². The van der Waals surface area contributed by atoms with Gasteiger partial charge >= 0.3 is 6.03 Å². The molecule has 2 N–H and O–H groups in total. The molecule has 3 amide bonds. The van der Waals surface area contributed by atoms with Gasteiger partial charge in [-0.1, -0.05) is 38.1 Å². The van der Waals surface area contributed by atoms with E-state index in [1.54, 1.807) is 0 Å². The Morgan fingerprint density at radius 1 is 1.25 bits per heavy atom. The van der Waals surface area contributed by atoms with Crippen LogP contribution in [-0.4, -0.2) is 35.6 Å². The molecule has 0 bridgehead atoms. The van der Waals surface area contributed by atoms with Crippen LogP contribution in [0.2, 0.25) is 0 Å². The van der Waals surface area contributed by atoms with E-state index in [0.717, 1.165) is 25.9 Å². The van der Waals surface area contributed by atoms with Crippen LogP contribution in [0.25, 0.3) is 0 Å². The fraction of sp³-hybridized carbons (Fsp3) is 0.579. The first kappa shape index (κ1) is 17.0. The van der Waals surface area contributed by atoms with Gasteiger partial charge in [-0.2, -0.15) is 0 Å². The van der Waals surface area contributed by atoms with Crippen molar-refractivity contribution < 1.29 is 14.5 Å². The number of imide groups is 1. The van der Waals surface area contributed by atoms with E-state index in [4.69, 9.17) is 0 Å². The van der Waals surface area contributed by atoms with Crippen LogP contribution in [0.1, 0.15) is 44.7 Å². The molecule has 1 saturated heterocycles. The zero-order valence-electron chi connectivity index (χ0n) is 14.9. The minimum Gasteiger partial charge on any atom is -0.323 e. The number of rotatable bonds is 5. The summed E-state index contributed by atoms with van der Waals surface area (Å²) >= 11 is 0. The normalized spacial score (nSPS) is 26.7. The molecule has 0 saturated carbocycles. The first-order valence-corrected chi connectivity index (χ1v) is 8.93. The second-order valence-corrected chi connectivity index (χ2v) is 7.78. The van der Waals surface area contributed by atoms with Gasteiger partial charge in [-0.15, -0.1) is 0 Å². The largest absolute Gasteiger partial charge is 0.329 e. The lowest BCUT2D eigenvalue weighted by atomic mass is 9.92. The summed E-state index contributed by atoms with van der Waals surface area (Å²) in [5, 5.41) is 2.92. The maximum atomic E-state index is 12.8. The highest BCUT2D eigenvalue weighted by atomic mass is 16.2. The molecule has 1 aromatic rings.